The molecule has 6 nitrogen and oxygen atoms in total. The fraction of sp³-hybridized carbons (Fsp3) is 0.579. The molecule has 2 aliphatic heterocycles. The molecule has 0 radical (unpaired) electrons. The van der Waals surface area contributed by atoms with Crippen LogP contribution in [0, 0.1) is 11.8 Å². The average Bonchev–Trinajstić information content (AvgIpc) is 3.02. The number of rotatable bonds is 6. The number of hydrogen-bond acceptors (Lipinski definition) is 4. The molecule has 0 saturated carbocycles. The van der Waals surface area contributed by atoms with Crippen LogP contribution in [0.1, 0.15) is 24.8 Å². The fourth-order valence-corrected chi connectivity index (χ4v) is 3.54. The zero-order valence-electron chi connectivity index (χ0n) is 14.8. The van der Waals surface area contributed by atoms with Gasteiger partial charge in [0, 0.05) is 26.1 Å². The second-order valence-corrected chi connectivity index (χ2v) is 6.98. The van der Waals surface area contributed by atoms with Gasteiger partial charge in [-0.1, -0.05) is 12.1 Å². The SMILES string of the molecule is COc1ccc(CN2CC(C(=O)NCC3CCCNC3)CC2=O)cc1. The summed E-state index contributed by atoms with van der Waals surface area (Å²) in [7, 11) is 1.63. The van der Waals surface area contributed by atoms with E-state index in [1.165, 1.54) is 0 Å². The molecule has 136 valence electrons. The highest BCUT2D eigenvalue weighted by atomic mass is 16.5. The maximum absolute atomic E-state index is 12.4. The van der Waals surface area contributed by atoms with Crippen molar-refractivity contribution in [2.45, 2.75) is 25.8 Å². The van der Waals surface area contributed by atoms with Crippen molar-refractivity contribution in [2.75, 3.05) is 33.3 Å². The molecule has 2 saturated heterocycles. The van der Waals surface area contributed by atoms with E-state index in [2.05, 4.69) is 10.6 Å². The van der Waals surface area contributed by atoms with Crippen LogP contribution >= 0.6 is 0 Å². The first kappa shape index (κ1) is 17.7. The molecule has 6 heteroatoms. The van der Waals surface area contributed by atoms with Crippen LogP contribution in [0.15, 0.2) is 24.3 Å². The summed E-state index contributed by atoms with van der Waals surface area (Å²) in [6, 6.07) is 7.68. The molecule has 0 bridgehead atoms. The van der Waals surface area contributed by atoms with Gasteiger partial charge >= 0.3 is 0 Å². The molecule has 2 aliphatic rings. The Kier molecular flexibility index (Phi) is 5.91. The lowest BCUT2D eigenvalue weighted by Crippen LogP contribution is -2.40. The second-order valence-electron chi connectivity index (χ2n) is 6.98. The van der Waals surface area contributed by atoms with Gasteiger partial charge in [-0.15, -0.1) is 0 Å². The lowest BCUT2D eigenvalue weighted by atomic mass is 9.99. The minimum Gasteiger partial charge on any atom is -0.497 e. The molecule has 2 heterocycles. The van der Waals surface area contributed by atoms with E-state index in [0.29, 0.717) is 32.0 Å². The van der Waals surface area contributed by atoms with Gasteiger partial charge in [0.1, 0.15) is 5.75 Å². The van der Waals surface area contributed by atoms with Crippen LogP contribution in [-0.4, -0.2) is 50.0 Å². The number of piperidine rings is 1. The third kappa shape index (κ3) is 4.72. The summed E-state index contributed by atoms with van der Waals surface area (Å²) >= 11 is 0. The van der Waals surface area contributed by atoms with Gasteiger partial charge in [-0.2, -0.15) is 0 Å². The zero-order valence-corrected chi connectivity index (χ0v) is 14.8. The number of carbonyl (C=O) groups is 2. The number of carbonyl (C=O) groups excluding carboxylic acids is 2. The van der Waals surface area contributed by atoms with Crippen LogP contribution in [-0.2, 0) is 16.1 Å². The largest absolute Gasteiger partial charge is 0.497 e. The zero-order chi connectivity index (χ0) is 17.6. The third-order valence-electron chi connectivity index (χ3n) is 5.08. The molecule has 25 heavy (non-hydrogen) atoms. The van der Waals surface area contributed by atoms with Gasteiger partial charge in [-0.3, -0.25) is 9.59 Å². The summed E-state index contributed by atoms with van der Waals surface area (Å²) in [6.45, 7) is 3.78. The number of nitrogens with zero attached hydrogens (tertiary/aromatic N) is 1. The normalized spacial score (nSPS) is 23.6. The molecule has 0 spiro atoms. The van der Waals surface area contributed by atoms with E-state index < -0.39 is 0 Å². The van der Waals surface area contributed by atoms with Gasteiger partial charge in [-0.25, -0.2) is 0 Å². The van der Waals surface area contributed by atoms with Crippen molar-refractivity contribution < 1.29 is 14.3 Å². The molecule has 2 amide bonds. The number of nitrogens with one attached hydrogen (secondary N) is 2. The second kappa shape index (κ2) is 8.34. The van der Waals surface area contributed by atoms with Crippen molar-refractivity contribution in [1.82, 2.24) is 15.5 Å². The monoisotopic (exact) mass is 345 g/mol. The molecule has 2 N–H and O–H groups in total. The third-order valence-corrected chi connectivity index (χ3v) is 5.08. The molecule has 3 rings (SSSR count). The standard InChI is InChI=1S/C19H27N3O3/c1-25-17-6-4-14(5-7-17)12-22-13-16(9-18(22)23)19(24)21-11-15-3-2-8-20-10-15/h4-7,15-16,20H,2-3,8-13H2,1H3,(H,21,24). The Morgan fingerprint density at radius 3 is 2.84 bits per heavy atom. The van der Waals surface area contributed by atoms with Crippen molar-refractivity contribution in [3.8, 4) is 5.75 Å². The fourth-order valence-electron chi connectivity index (χ4n) is 3.54. The predicted molar refractivity (Wildman–Crippen MR) is 95.1 cm³/mol. The van der Waals surface area contributed by atoms with Crippen LogP contribution in [0.2, 0.25) is 0 Å². The van der Waals surface area contributed by atoms with Crippen LogP contribution in [0.3, 0.4) is 0 Å². The van der Waals surface area contributed by atoms with Gasteiger partial charge in [0.2, 0.25) is 11.8 Å². The summed E-state index contributed by atoms with van der Waals surface area (Å²) in [5.74, 6) is 1.13. The van der Waals surface area contributed by atoms with Gasteiger partial charge in [0.15, 0.2) is 0 Å². The van der Waals surface area contributed by atoms with E-state index in [0.717, 1.165) is 37.2 Å². The summed E-state index contributed by atoms with van der Waals surface area (Å²) in [5.41, 5.74) is 1.04. The average molecular weight is 345 g/mol. The summed E-state index contributed by atoms with van der Waals surface area (Å²) in [4.78, 5) is 26.4. The maximum atomic E-state index is 12.4. The highest BCUT2D eigenvalue weighted by molar-refractivity contribution is 5.89. The van der Waals surface area contributed by atoms with Gasteiger partial charge in [-0.05, 0) is 49.5 Å². The predicted octanol–water partition coefficient (Wildman–Crippen LogP) is 1.16. The lowest BCUT2D eigenvalue weighted by Gasteiger charge is -2.23. The van der Waals surface area contributed by atoms with Crippen molar-refractivity contribution in [3.05, 3.63) is 29.8 Å². The maximum Gasteiger partial charge on any atom is 0.225 e. The van der Waals surface area contributed by atoms with Gasteiger partial charge in [0.25, 0.3) is 0 Å². The van der Waals surface area contributed by atoms with E-state index in [-0.39, 0.29) is 17.7 Å². The van der Waals surface area contributed by atoms with Gasteiger partial charge < -0.3 is 20.3 Å². The Bertz CT molecular complexity index is 596. The Hall–Kier alpha value is -2.08. The molecular formula is C19H27N3O3. The summed E-state index contributed by atoms with van der Waals surface area (Å²) in [6.07, 6.45) is 2.63. The first-order valence-corrected chi connectivity index (χ1v) is 9.05. The molecular weight excluding hydrogens is 318 g/mol. The molecule has 2 fully saturated rings. The van der Waals surface area contributed by atoms with E-state index in [4.69, 9.17) is 4.74 Å². The van der Waals surface area contributed by atoms with E-state index in [1.807, 2.05) is 24.3 Å². The summed E-state index contributed by atoms with van der Waals surface area (Å²) < 4.78 is 5.15. The van der Waals surface area contributed by atoms with Crippen molar-refractivity contribution in [1.29, 1.82) is 0 Å². The van der Waals surface area contributed by atoms with Crippen LogP contribution < -0.4 is 15.4 Å². The first-order valence-electron chi connectivity index (χ1n) is 9.05. The van der Waals surface area contributed by atoms with Crippen LogP contribution in [0.5, 0.6) is 5.75 Å². The first-order chi connectivity index (χ1) is 12.2. The molecule has 0 aromatic heterocycles. The Morgan fingerprint density at radius 2 is 2.16 bits per heavy atom. The van der Waals surface area contributed by atoms with Crippen molar-refractivity contribution in [3.63, 3.8) is 0 Å². The van der Waals surface area contributed by atoms with Crippen LogP contribution in [0.4, 0.5) is 0 Å². The van der Waals surface area contributed by atoms with Crippen molar-refractivity contribution >= 4 is 11.8 Å². The highest BCUT2D eigenvalue weighted by Gasteiger charge is 2.34. The summed E-state index contributed by atoms with van der Waals surface area (Å²) in [5, 5.41) is 6.40. The van der Waals surface area contributed by atoms with Gasteiger partial charge in [0.05, 0.1) is 13.0 Å². The Labute approximate surface area is 148 Å². The molecule has 2 unspecified atom stereocenters. The topological polar surface area (TPSA) is 70.7 Å². The van der Waals surface area contributed by atoms with E-state index in [1.54, 1.807) is 12.0 Å². The minimum absolute atomic E-state index is 0.0103. The smallest absolute Gasteiger partial charge is 0.225 e. The van der Waals surface area contributed by atoms with E-state index in [9.17, 15) is 9.59 Å². The van der Waals surface area contributed by atoms with E-state index >= 15 is 0 Å². The molecule has 2 atom stereocenters. The minimum atomic E-state index is -0.234. The Balaban J connectivity index is 1.48. The van der Waals surface area contributed by atoms with Crippen LogP contribution in [0.25, 0.3) is 0 Å². The van der Waals surface area contributed by atoms with Crippen molar-refractivity contribution in [2.24, 2.45) is 11.8 Å². The highest BCUT2D eigenvalue weighted by Crippen LogP contribution is 2.21. The molecule has 1 aromatic carbocycles. The number of likely N-dealkylation sites (tertiary alicyclic amines) is 1. The molecule has 1 aromatic rings. The number of hydrogen-bond donors (Lipinski definition) is 2. The number of ether oxygens (including phenoxy) is 1. The number of amides is 2. The number of benzene rings is 1. The number of methoxy groups -OCH3 is 1. The molecule has 0 aliphatic carbocycles. The Morgan fingerprint density at radius 1 is 1.36 bits per heavy atom. The lowest BCUT2D eigenvalue weighted by molar-refractivity contribution is -0.129. The quantitative estimate of drug-likeness (QED) is 0.812.